The van der Waals surface area contributed by atoms with Crippen LogP contribution in [0.4, 0.5) is 8.78 Å². The van der Waals surface area contributed by atoms with E-state index in [2.05, 4.69) is 12.1 Å². The van der Waals surface area contributed by atoms with Gasteiger partial charge in [0.2, 0.25) is 5.92 Å². The van der Waals surface area contributed by atoms with Gasteiger partial charge in [-0.05, 0) is 75.3 Å². The molecule has 0 aliphatic heterocycles. The molecular formula is C30H40F2O3. The Balaban J connectivity index is 0.000000196. The van der Waals surface area contributed by atoms with Crippen molar-refractivity contribution in [2.75, 3.05) is 0 Å². The Morgan fingerprint density at radius 3 is 1.57 bits per heavy atom. The quantitative estimate of drug-likeness (QED) is 0.340. The summed E-state index contributed by atoms with van der Waals surface area (Å²) in [4.78, 5) is 10.4. The lowest BCUT2D eigenvalue weighted by Gasteiger charge is -2.31. The third kappa shape index (κ3) is 10.2. The van der Waals surface area contributed by atoms with Crippen molar-refractivity contribution in [2.24, 2.45) is 11.8 Å². The average Bonchev–Trinajstić information content (AvgIpc) is 2.89. The van der Waals surface area contributed by atoms with E-state index in [1.807, 2.05) is 48.5 Å². The van der Waals surface area contributed by atoms with Gasteiger partial charge >= 0.3 is 0 Å². The zero-order valence-corrected chi connectivity index (χ0v) is 20.9. The third-order valence-corrected chi connectivity index (χ3v) is 7.27. The van der Waals surface area contributed by atoms with Crippen LogP contribution in [0.3, 0.4) is 0 Å². The first kappa shape index (κ1) is 27.5. The molecule has 2 aliphatic rings. The number of carbonyl (C=O) groups excluding carboxylic acids is 1. The normalized spacial score (nSPS) is 24.8. The lowest BCUT2D eigenvalue weighted by Crippen LogP contribution is -2.31. The maximum Gasteiger partial charge on any atom is 0.248 e. The molecule has 0 atom stereocenters. The second-order valence-corrected chi connectivity index (χ2v) is 10.1. The van der Waals surface area contributed by atoms with Crippen molar-refractivity contribution in [3.63, 3.8) is 0 Å². The summed E-state index contributed by atoms with van der Waals surface area (Å²) < 4.78 is 38.0. The Morgan fingerprint density at radius 1 is 0.743 bits per heavy atom. The SMILES string of the molecule is CC(F)(F)[C@H]1CC[C@@H](OCc2ccccc2)CC1.O=CCC1CCC(OCc2ccccc2)CC1. The summed E-state index contributed by atoms with van der Waals surface area (Å²) in [5.74, 6) is -2.40. The fourth-order valence-corrected chi connectivity index (χ4v) is 4.98. The molecule has 0 unspecified atom stereocenters. The van der Waals surface area contributed by atoms with Gasteiger partial charge in [0.25, 0.3) is 0 Å². The monoisotopic (exact) mass is 486 g/mol. The van der Waals surface area contributed by atoms with Crippen LogP contribution in [-0.4, -0.2) is 24.4 Å². The van der Waals surface area contributed by atoms with E-state index in [0.29, 0.717) is 38.1 Å². The second-order valence-electron chi connectivity index (χ2n) is 10.1. The van der Waals surface area contributed by atoms with Crippen LogP contribution in [0.2, 0.25) is 0 Å². The average molecular weight is 487 g/mol. The van der Waals surface area contributed by atoms with Crippen molar-refractivity contribution in [2.45, 2.75) is 96.1 Å². The Kier molecular flexibility index (Phi) is 11.3. The Morgan fingerprint density at radius 2 is 1.17 bits per heavy atom. The Labute approximate surface area is 209 Å². The zero-order valence-electron chi connectivity index (χ0n) is 20.9. The summed E-state index contributed by atoms with van der Waals surface area (Å²) in [5, 5.41) is 0. The molecule has 192 valence electrons. The molecule has 0 spiro atoms. The number of carbonyl (C=O) groups is 1. The summed E-state index contributed by atoms with van der Waals surface area (Å²) >= 11 is 0. The predicted molar refractivity (Wildman–Crippen MR) is 135 cm³/mol. The molecule has 3 nitrogen and oxygen atoms in total. The van der Waals surface area contributed by atoms with Crippen molar-refractivity contribution in [3.8, 4) is 0 Å². The molecule has 0 aromatic heterocycles. The molecule has 0 amide bonds. The molecule has 2 aromatic carbocycles. The van der Waals surface area contributed by atoms with Crippen LogP contribution in [0.25, 0.3) is 0 Å². The van der Waals surface area contributed by atoms with E-state index in [1.54, 1.807) is 0 Å². The van der Waals surface area contributed by atoms with Gasteiger partial charge in [0, 0.05) is 12.3 Å². The van der Waals surface area contributed by atoms with Crippen LogP contribution in [0.15, 0.2) is 60.7 Å². The zero-order chi connectivity index (χ0) is 24.9. The number of halogens is 2. The van der Waals surface area contributed by atoms with Crippen molar-refractivity contribution < 1.29 is 23.0 Å². The lowest BCUT2D eigenvalue weighted by atomic mass is 9.84. The van der Waals surface area contributed by atoms with Gasteiger partial charge in [0.05, 0.1) is 25.4 Å². The minimum absolute atomic E-state index is 0.142. The number of hydrogen-bond acceptors (Lipinski definition) is 3. The minimum atomic E-state index is -2.54. The van der Waals surface area contributed by atoms with Crippen LogP contribution in [-0.2, 0) is 27.5 Å². The number of ether oxygens (including phenoxy) is 2. The summed E-state index contributed by atoms with van der Waals surface area (Å²) in [6.45, 7) is 2.32. The van der Waals surface area contributed by atoms with Crippen LogP contribution in [0.1, 0.15) is 75.8 Å². The molecule has 2 saturated carbocycles. The van der Waals surface area contributed by atoms with Crippen LogP contribution in [0.5, 0.6) is 0 Å². The van der Waals surface area contributed by atoms with Gasteiger partial charge in [-0.25, -0.2) is 8.78 Å². The first-order valence-corrected chi connectivity index (χ1v) is 13.1. The number of rotatable bonds is 9. The van der Waals surface area contributed by atoms with Crippen molar-refractivity contribution >= 4 is 6.29 Å². The van der Waals surface area contributed by atoms with Gasteiger partial charge in [0.1, 0.15) is 6.29 Å². The number of benzene rings is 2. The highest BCUT2D eigenvalue weighted by molar-refractivity contribution is 5.49. The number of hydrogen-bond donors (Lipinski definition) is 0. The number of aldehydes is 1. The van der Waals surface area contributed by atoms with Crippen molar-refractivity contribution in [1.29, 1.82) is 0 Å². The number of alkyl halides is 2. The highest BCUT2D eigenvalue weighted by Crippen LogP contribution is 2.37. The van der Waals surface area contributed by atoms with Crippen LogP contribution in [0, 0.1) is 11.8 Å². The Bertz CT molecular complexity index is 822. The maximum atomic E-state index is 13.1. The molecule has 5 heteroatoms. The summed E-state index contributed by atoms with van der Waals surface area (Å²) in [6.07, 6.45) is 9.43. The van der Waals surface area contributed by atoms with Crippen molar-refractivity contribution in [1.82, 2.24) is 0 Å². The van der Waals surface area contributed by atoms with Crippen molar-refractivity contribution in [3.05, 3.63) is 71.8 Å². The second kappa shape index (κ2) is 14.4. The molecule has 2 fully saturated rings. The molecule has 0 saturated heterocycles. The fourth-order valence-electron chi connectivity index (χ4n) is 4.98. The lowest BCUT2D eigenvalue weighted by molar-refractivity contribution is -0.109. The molecule has 2 aliphatic carbocycles. The Hall–Kier alpha value is -2.11. The van der Waals surface area contributed by atoms with E-state index in [-0.39, 0.29) is 6.10 Å². The largest absolute Gasteiger partial charge is 0.374 e. The van der Waals surface area contributed by atoms with Gasteiger partial charge in [0.15, 0.2) is 0 Å². The molecule has 0 radical (unpaired) electrons. The third-order valence-electron chi connectivity index (χ3n) is 7.27. The highest BCUT2D eigenvalue weighted by Gasteiger charge is 2.37. The molecule has 0 heterocycles. The molecule has 2 aromatic rings. The van der Waals surface area contributed by atoms with Crippen LogP contribution < -0.4 is 0 Å². The standard InChI is InChI=1S/C15H20F2O.C15H20O2/c1-15(16,17)13-7-9-14(10-8-13)18-11-12-5-3-2-4-6-12;16-11-10-13-6-8-15(9-7-13)17-12-14-4-2-1-3-5-14/h2-6,13-14H,7-11H2,1H3;1-5,11,13,15H,6-10,12H2/t13-,14+;. The van der Waals surface area contributed by atoms with E-state index >= 15 is 0 Å². The van der Waals surface area contributed by atoms with Crippen LogP contribution >= 0.6 is 0 Å². The van der Waals surface area contributed by atoms with Gasteiger partial charge in [-0.15, -0.1) is 0 Å². The van der Waals surface area contributed by atoms with Gasteiger partial charge < -0.3 is 14.3 Å². The fraction of sp³-hybridized carbons (Fsp3) is 0.567. The smallest absolute Gasteiger partial charge is 0.248 e. The van der Waals surface area contributed by atoms with E-state index in [0.717, 1.165) is 63.7 Å². The van der Waals surface area contributed by atoms with Gasteiger partial charge in [-0.1, -0.05) is 60.7 Å². The summed E-state index contributed by atoms with van der Waals surface area (Å²) in [6, 6.07) is 20.3. The van der Waals surface area contributed by atoms with Gasteiger partial charge in [-0.2, -0.15) is 0 Å². The highest BCUT2D eigenvalue weighted by atomic mass is 19.3. The summed E-state index contributed by atoms with van der Waals surface area (Å²) in [7, 11) is 0. The minimum Gasteiger partial charge on any atom is -0.374 e. The topological polar surface area (TPSA) is 35.5 Å². The van der Waals surface area contributed by atoms with Gasteiger partial charge in [-0.3, -0.25) is 0 Å². The predicted octanol–water partition coefficient (Wildman–Crippen LogP) is 7.77. The molecular weight excluding hydrogens is 446 g/mol. The van der Waals surface area contributed by atoms with E-state index in [4.69, 9.17) is 9.47 Å². The first-order valence-electron chi connectivity index (χ1n) is 13.1. The molecule has 35 heavy (non-hydrogen) atoms. The summed E-state index contributed by atoms with van der Waals surface area (Å²) in [5.41, 5.74) is 2.38. The molecule has 4 rings (SSSR count). The maximum absolute atomic E-state index is 13.1. The molecule has 0 bridgehead atoms. The van der Waals surface area contributed by atoms with E-state index < -0.39 is 11.8 Å². The van der Waals surface area contributed by atoms with E-state index in [1.165, 1.54) is 5.56 Å². The molecule has 0 N–H and O–H groups in total. The van der Waals surface area contributed by atoms with E-state index in [9.17, 15) is 13.6 Å². The first-order chi connectivity index (χ1) is 16.9.